The van der Waals surface area contributed by atoms with Crippen LogP contribution in [0.2, 0.25) is 5.02 Å². The fourth-order valence-corrected chi connectivity index (χ4v) is 3.64. The summed E-state index contributed by atoms with van der Waals surface area (Å²) in [5, 5.41) is 5.59. The number of amides is 4. The second-order valence-corrected chi connectivity index (χ2v) is 7.63. The van der Waals surface area contributed by atoms with Crippen molar-refractivity contribution in [1.82, 2.24) is 5.32 Å². The van der Waals surface area contributed by atoms with E-state index in [1.54, 1.807) is 54.6 Å². The molecule has 0 unspecified atom stereocenters. The minimum absolute atomic E-state index is 0.131. The molecule has 0 aromatic heterocycles. The predicted molar refractivity (Wildman–Crippen MR) is 121 cm³/mol. The minimum Gasteiger partial charge on any atom is -0.352 e. The number of hydrogen-bond acceptors (Lipinski definition) is 4. The van der Waals surface area contributed by atoms with E-state index in [-0.39, 0.29) is 22.5 Å². The fraction of sp³-hybridized carbons (Fsp3) is 0.0833. The lowest BCUT2D eigenvalue weighted by Gasteiger charge is -2.16. The van der Waals surface area contributed by atoms with Gasteiger partial charge in [0.05, 0.1) is 21.8 Å². The maximum Gasteiger partial charge on any atom is 0.266 e. The normalized spacial score (nSPS) is 12.5. The first-order chi connectivity index (χ1) is 15.3. The Hall–Kier alpha value is -3.97. The Morgan fingerprint density at radius 3 is 2.09 bits per heavy atom. The van der Waals surface area contributed by atoms with Gasteiger partial charge in [0.25, 0.3) is 17.7 Å². The molecule has 1 heterocycles. The molecule has 3 aromatic carbocycles. The Bertz CT molecular complexity index is 1220. The first kappa shape index (κ1) is 21.3. The van der Waals surface area contributed by atoms with Gasteiger partial charge in [-0.3, -0.25) is 19.2 Å². The number of rotatable bonds is 5. The molecule has 0 aliphatic carbocycles. The van der Waals surface area contributed by atoms with Gasteiger partial charge in [-0.05, 0) is 48.0 Å². The van der Waals surface area contributed by atoms with Gasteiger partial charge in [-0.2, -0.15) is 0 Å². The fourth-order valence-electron chi connectivity index (χ4n) is 3.38. The number of anilines is 2. The van der Waals surface area contributed by atoms with Crippen molar-refractivity contribution in [1.29, 1.82) is 0 Å². The summed E-state index contributed by atoms with van der Waals surface area (Å²) in [5.74, 6) is -1.36. The van der Waals surface area contributed by atoms with Gasteiger partial charge in [0.2, 0.25) is 5.91 Å². The number of fused-ring (bicyclic) bond motifs is 1. The zero-order valence-electron chi connectivity index (χ0n) is 17.0. The molecular formula is C24H18ClN3O4. The van der Waals surface area contributed by atoms with Crippen molar-refractivity contribution >= 4 is 46.6 Å². The van der Waals surface area contributed by atoms with Crippen LogP contribution in [0.1, 0.15) is 43.6 Å². The molecule has 4 amide bonds. The Labute approximate surface area is 189 Å². The van der Waals surface area contributed by atoms with Gasteiger partial charge in [0, 0.05) is 24.7 Å². The van der Waals surface area contributed by atoms with Crippen LogP contribution in [0.15, 0.2) is 66.7 Å². The number of hydrogen-bond donors (Lipinski definition) is 2. The Balaban J connectivity index is 1.48. The summed E-state index contributed by atoms with van der Waals surface area (Å²) in [6.07, 6.45) is 0. The molecule has 1 aliphatic rings. The van der Waals surface area contributed by atoms with Crippen LogP contribution < -0.4 is 15.5 Å². The largest absolute Gasteiger partial charge is 0.352 e. The summed E-state index contributed by atoms with van der Waals surface area (Å²) >= 11 is 6.36. The van der Waals surface area contributed by atoms with Gasteiger partial charge >= 0.3 is 0 Å². The van der Waals surface area contributed by atoms with Gasteiger partial charge in [-0.15, -0.1) is 0 Å². The monoisotopic (exact) mass is 447 g/mol. The van der Waals surface area contributed by atoms with Gasteiger partial charge in [-0.25, -0.2) is 4.90 Å². The smallest absolute Gasteiger partial charge is 0.266 e. The SMILES string of the molecule is CC(=O)NCc1ccc(C(=O)Nc2ccc(N3C(=O)c4ccccc4C3=O)c(Cl)c2)cc1. The number of carbonyl (C=O) groups is 4. The lowest BCUT2D eigenvalue weighted by molar-refractivity contribution is -0.119. The summed E-state index contributed by atoms with van der Waals surface area (Å²) in [6, 6.07) is 18.0. The van der Waals surface area contributed by atoms with Crippen LogP contribution in [0.5, 0.6) is 0 Å². The average molecular weight is 448 g/mol. The zero-order chi connectivity index (χ0) is 22.8. The van der Waals surface area contributed by atoms with Crippen molar-refractivity contribution in [2.45, 2.75) is 13.5 Å². The molecule has 0 atom stereocenters. The second-order valence-electron chi connectivity index (χ2n) is 7.22. The Kier molecular flexibility index (Phi) is 5.75. The van der Waals surface area contributed by atoms with Crippen molar-refractivity contribution in [2.24, 2.45) is 0 Å². The molecule has 4 rings (SSSR count). The van der Waals surface area contributed by atoms with E-state index in [2.05, 4.69) is 10.6 Å². The highest BCUT2D eigenvalue weighted by Gasteiger charge is 2.37. The minimum atomic E-state index is -0.441. The molecule has 0 saturated carbocycles. The van der Waals surface area contributed by atoms with E-state index in [4.69, 9.17) is 11.6 Å². The first-order valence-corrected chi connectivity index (χ1v) is 10.1. The predicted octanol–water partition coefficient (Wildman–Crippen LogP) is 4.03. The number of halogens is 1. The molecule has 0 fully saturated rings. The van der Waals surface area contributed by atoms with Crippen LogP contribution >= 0.6 is 11.6 Å². The van der Waals surface area contributed by atoms with Crippen molar-refractivity contribution in [2.75, 3.05) is 10.2 Å². The standard InChI is InChI=1S/C24H18ClN3O4/c1-14(29)26-13-15-6-8-16(9-7-15)22(30)27-17-10-11-21(20(25)12-17)28-23(31)18-4-2-3-5-19(18)24(28)32/h2-12H,13H2,1H3,(H,26,29)(H,27,30). The van der Waals surface area contributed by atoms with Gasteiger partial charge in [0.1, 0.15) is 0 Å². The molecular weight excluding hydrogens is 430 g/mol. The van der Waals surface area contributed by atoms with E-state index in [1.807, 2.05) is 0 Å². The third-order valence-electron chi connectivity index (χ3n) is 5.00. The third-order valence-corrected chi connectivity index (χ3v) is 5.30. The van der Waals surface area contributed by atoms with Gasteiger partial charge < -0.3 is 10.6 Å². The summed E-state index contributed by atoms with van der Waals surface area (Å²) < 4.78 is 0. The number of imide groups is 1. The van der Waals surface area contributed by atoms with E-state index < -0.39 is 11.8 Å². The van der Waals surface area contributed by atoms with Crippen molar-refractivity contribution in [3.63, 3.8) is 0 Å². The highest BCUT2D eigenvalue weighted by molar-refractivity contribution is 6.40. The van der Waals surface area contributed by atoms with Crippen LogP contribution in [0.4, 0.5) is 11.4 Å². The van der Waals surface area contributed by atoms with E-state index in [1.165, 1.54) is 19.1 Å². The van der Waals surface area contributed by atoms with E-state index in [9.17, 15) is 19.2 Å². The molecule has 1 aliphatic heterocycles. The van der Waals surface area contributed by atoms with Crippen LogP contribution in [0.3, 0.4) is 0 Å². The summed E-state index contributed by atoms with van der Waals surface area (Å²) in [5.41, 5.74) is 2.61. The van der Waals surface area contributed by atoms with Crippen LogP contribution in [0, 0.1) is 0 Å². The average Bonchev–Trinajstić information content (AvgIpc) is 3.03. The summed E-state index contributed by atoms with van der Waals surface area (Å²) in [4.78, 5) is 49.9. The molecule has 160 valence electrons. The van der Waals surface area contributed by atoms with E-state index >= 15 is 0 Å². The molecule has 0 bridgehead atoms. The van der Waals surface area contributed by atoms with E-state index in [0.717, 1.165) is 10.5 Å². The van der Waals surface area contributed by atoms with Crippen molar-refractivity contribution in [3.05, 3.63) is 94.0 Å². The third kappa shape index (κ3) is 4.10. The number of nitrogens with zero attached hydrogens (tertiary/aromatic N) is 1. The molecule has 7 nitrogen and oxygen atoms in total. The highest BCUT2D eigenvalue weighted by atomic mass is 35.5. The van der Waals surface area contributed by atoms with Crippen LogP contribution in [-0.4, -0.2) is 23.6 Å². The molecule has 3 aromatic rings. The molecule has 2 N–H and O–H groups in total. The molecule has 0 saturated heterocycles. The van der Waals surface area contributed by atoms with Crippen LogP contribution in [-0.2, 0) is 11.3 Å². The molecule has 0 spiro atoms. The van der Waals surface area contributed by atoms with E-state index in [0.29, 0.717) is 28.9 Å². The topological polar surface area (TPSA) is 95.6 Å². The maximum atomic E-state index is 12.7. The number of carbonyl (C=O) groups excluding carboxylic acids is 4. The Morgan fingerprint density at radius 1 is 0.906 bits per heavy atom. The number of nitrogens with one attached hydrogen (secondary N) is 2. The van der Waals surface area contributed by atoms with Crippen molar-refractivity contribution < 1.29 is 19.2 Å². The molecule has 8 heteroatoms. The van der Waals surface area contributed by atoms with Gasteiger partial charge in [-0.1, -0.05) is 35.9 Å². The highest BCUT2D eigenvalue weighted by Crippen LogP contribution is 2.34. The maximum absolute atomic E-state index is 12.7. The molecule has 0 radical (unpaired) electrons. The quantitative estimate of drug-likeness (QED) is 0.577. The first-order valence-electron chi connectivity index (χ1n) is 9.77. The lowest BCUT2D eigenvalue weighted by Crippen LogP contribution is -2.29. The van der Waals surface area contributed by atoms with Crippen LogP contribution in [0.25, 0.3) is 0 Å². The number of benzene rings is 3. The molecule has 32 heavy (non-hydrogen) atoms. The lowest BCUT2D eigenvalue weighted by atomic mass is 10.1. The second kappa shape index (κ2) is 8.64. The Morgan fingerprint density at radius 2 is 1.53 bits per heavy atom. The van der Waals surface area contributed by atoms with Gasteiger partial charge in [0.15, 0.2) is 0 Å². The summed E-state index contributed by atoms with van der Waals surface area (Å²) in [7, 11) is 0. The van der Waals surface area contributed by atoms with Crippen molar-refractivity contribution in [3.8, 4) is 0 Å². The summed E-state index contributed by atoms with van der Waals surface area (Å²) in [6.45, 7) is 1.82. The zero-order valence-corrected chi connectivity index (χ0v) is 17.8.